The van der Waals surface area contributed by atoms with Crippen molar-refractivity contribution in [3.8, 4) is 0 Å². The Bertz CT molecular complexity index is 1650. The number of amides is 3. The number of aryl methyl sites for hydroxylation is 1. The highest BCUT2D eigenvalue weighted by Gasteiger charge is 2.68. The molecule has 6 nitrogen and oxygen atoms in total. The van der Waals surface area contributed by atoms with E-state index in [0.717, 1.165) is 33.4 Å². The minimum atomic E-state index is -1.02. The van der Waals surface area contributed by atoms with E-state index in [4.69, 9.17) is 0 Å². The van der Waals surface area contributed by atoms with E-state index in [2.05, 4.69) is 22.7 Å². The van der Waals surface area contributed by atoms with Gasteiger partial charge in [0.1, 0.15) is 0 Å². The normalized spacial score (nSPS) is 24.1. The highest BCUT2D eigenvalue weighted by Crippen LogP contribution is 2.63. The van der Waals surface area contributed by atoms with Crippen LogP contribution in [-0.2, 0) is 26.2 Å². The van der Waals surface area contributed by atoms with Gasteiger partial charge in [-0.2, -0.15) is 5.10 Å². The lowest BCUT2D eigenvalue weighted by Gasteiger charge is -2.52. The van der Waals surface area contributed by atoms with E-state index in [0.29, 0.717) is 5.69 Å². The highest BCUT2D eigenvalue weighted by molar-refractivity contribution is 6.25. The van der Waals surface area contributed by atoms with E-state index in [1.807, 2.05) is 97.9 Å². The average molecular weight is 526 g/mol. The number of carbonyl (C=O) groups excluding carboxylic acids is 3. The molecule has 0 saturated carbocycles. The van der Waals surface area contributed by atoms with Crippen molar-refractivity contribution in [1.82, 2.24) is 5.43 Å². The fraction of sp³-hybridized carbons (Fsp3) is 0.176. The summed E-state index contributed by atoms with van der Waals surface area (Å²) in [5, 5.41) is 4.48. The van der Waals surface area contributed by atoms with Gasteiger partial charge in [0, 0.05) is 12.1 Å². The van der Waals surface area contributed by atoms with Crippen molar-refractivity contribution in [3.05, 3.63) is 137 Å². The van der Waals surface area contributed by atoms with Crippen molar-refractivity contribution < 1.29 is 14.4 Å². The molecule has 4 aromatic rings. The summed E-state index contributed by atoms with van der Waals surface area (Å²) in [5.74, 6) is -2.20. The van der Waals surface area contributed by atoms with Crippen LogP contribution < -0.4 is 10.3 Å². The van der Waals surface area contributed by atoms with Gasteiger partial charge in [-0.05, 0) is 46.9 Å². The van der Waals surface area contributed by atoms with Crippen LogP contribution >= 0.6 is 0 Å². The largest absolute Gasteiger partial charge is 0.274 e. The molecule has 3 aliphatic carbocycles. The molecule has 6 heteroatoms. The Labute approximate surface area is 232 Å². The monoisotopic (exact) mass is 525 g/mol. The van der Waals surface area contributed by atoms with Crippen molar-refractivity contribution in [2.24, 2.45) is 16.9 Å². The molecule has 0 spiro atoms. The average Bonchev–Trinajstić information content (AvgIpc) is 3.25. The van der Waals surface area contributed by atoms with Crippen LogP contribution in [0.5, 0.6) is 0 Å². The molecule has 1 fully saturated rings. The first-order valence-electron chi connectivity index (χ1n) is 13.5. The fourth-order valence-electron chi connectivity index (χ4n) is 7.02. The number of nitrogens with one attached hydrogen (secondary N) is 1. The van der Waals surface area contributed by atoms with Crippen molar-refractivity contribution >= 4 is 29.6 Å². The van der Waals surface area contributed by atoms with Crippen LogP contribution in [0.25, 0.3) is 0 Å². The fourth-order valence-corrected chi connectivity index (χ4v) is 7.02. The lowest BCUT2D eigenvalue weighted by Crippen LogP contribution is -2.54. The number of nitrogens with zero attached hydrogens (tertiary/aromatic N) is 2. The Morgan fingerprint density at radius 1 is 0.825 bits per heavy atom. The van der Waals surface area contributed by atoms with Gasteiger partial charge in [0.05, 0.1) is 29.4 Å². The molecule has 1 N–H and O–H groups in total. The number of hydrogen-bond donors (Lipinski definition) is 1. The minimum absolute atomic E-state index is 0.186. The van der Waals surface area contributed by atoms with Crippen LogP contribution in [0, 0.1) is 18.8 Å². The maximum atomic E-state index is 14.3. The molecule has 2 bridgehead atoms. The number of carbonyl (C=O) groups is 3. The topological polar surface area (TPSA) is 78.8 Å². The van der Waals surface area contributed by atoms with Gasteiger partial charge in [0.15, 0.2) is 0 Å². The van der Waals surface area contributed by atoms with Crippen molar-refractivity contribution in [1.29, 1.82) is 0 Å². The van der Waals surface area contributed by atoms with E-state index in [-0.39, 0.29) is 30.1 Å². The van der Waals surface area contributed by atoms with Crippen LogP contribution in [0.15, 0.2) is 108 Å². The first kappa shape index (κ1) is 24.2. The van der Waals surface area contributed by atoms with E-state index in [1.54, 1.807) is 6.21 Å². The van der Waals surface area contributed by atoms with Gasteiger partial charge >= 0.3 is 0 Å². The molecule has 3 amide bonds. The van der Waals surface area contributed by atoms with Crippen LogP contribution in [0.1, 0.15) is 39.3 Å². The summed E-state index contributed by atoms with van der Waals surface area (Å²) in [5.41, 5.74) is 8.14. The Morgan fingerprint density at radius 3 is 2.08 bits per heavy atom. The second kappa shape index (κ2) is 9.12. The predicted octanol–water partition coefficient (Wildman–Crippen LogP) is 4.89. The van der Waals surface area contributed by atoms with E-state index < -0.39 is 17.3 Å². The summed E-state index contributed by atoms with van der Waals surface area (Å²) >= 11 is 0. The van der Waals surface area contributed by atoms with Gasteiger partial charge in [0.2, 0.25) is 17.7 Å². The molecule has 4 aliphatic rings. The molecular formula is C34H27N3O3. The standard InChI is InChI=1S/C34H27N3O3/c1-21-15-17-23(18-16-21)37-32(39)30-29-24-11-5-7-13-26(24)34(31(30)33(37)40,27-14-8-6-12-25(27)29)20-35-36-28(38)19-22-9-3-2-4-10-22/h2-18,20,29-31H,19H2,1H3,(H,36,38)/b35-20-/t29?,30-,31-,34?/m0/s1. The third-order valence-electron chi connectivity index (χ3n) is 8.64. The quantitative estimate of drug-likeness (QED) is 0.229. The lowest BCUT2D eigenvalue weighted by molar-refractivity contribution is -0.123. The zero-order valence-electron chi connectivity index (χ0n) is 22.0. The molecule has 1 aliphatic heterocycles. The smallest absolute Gasteiger partial charge is 0.244 e. The van der Waals surface area contributed by atoms with E-state index >= 15 is 0 Å². The molecule has 2 atom stereocenters. The van der Waals surface area contributed by atoms with Gasteiger partial charge < -0.3 is 0 Å². The Kier molecular flexibility index (Phi) is 5.52. The van der Waals surface area contributed by atoms with Gasteiger partial charge in [0.25, 0.3) is 0 Å². The molecular weight excluding hydrogens is 498 g/mol. The van der Waals surface area contributed by atoms with Crippen LogP contribution in [0.2, 0.25) is 0 Å². The highest BCUT2D eigenvalue weighted by atomic mass is 16.2. The summed E-state index contributed by atoms with van der Waals surface area (Å²) in [4.78, 5) is 42.7. The van der Waals surface area contributed by atoms with Crippen molar-refractivity contribution in [2.45, 2.75) is 24.7 Å². The van der Waals surface area contributed by atoms with Gasteiger partial charge in [-0.3, -0.25) is 14.4 Å². The van der Waals surface area contributed by atoms with E-state index in [1.165, 1.54) is 4.90 Å². The maximum absolute atomic E-state index is 14.3. The zero-order valence-corrected chi connectivity index (χ0v) is 22.0. The summed E-state index contributed by atoms with van der Waals surface area (Å²) in [6.07, 6.45) is 1.88. The first-order chi connectivity index (χ1) is 19.5. The third kappa shape index (κ3) is 3.42. The summed E-state index contributed by atoms with van der Waals surface area (Å²) in [6, 6.07) is 33.0. The molecule has 1 saturated heterocycles. The lowest BCUT2D eigenvalue weighted by atomic mass is 9.47. The SMILES string of the molecule is Cc1ccc(N2C(=O)[C@@H]3[C@@H](C2=O)C2c4ccccc4C3(/C=N\NC(=O)Cc3ccccc3)c3ccccc32)cc1. The molecule has 0 aromatic heterocycles. The number of rotatable bonds is 5. The summed E-state index contributed by atoms with van der Waals surface area (Å²) < 4.78 is 0. The molecule has 1 heterocycles. The second-order valence-corrected chi connectivity index (χ2v) is 10.8. The number of imide groups is 1. The molecule has 0 unspecified atom stereocenters. The Hall–Kier alpha value is -4.84. The summed E-state index contributed by atoms with van der Waals surface area (Å²) in [7, 11) is 0. The molecule has 40 heavy (non-hydrogen) atoms. The predicted molar refractivity (Wildman–Crippen MR) is 153 cm³/mol. The van der Waals surface area contributed by atoms with Gasteiger partial charge in [-0.15, -0.1) is 0 Å². The zero-order chi connectivity index (χ0) is 27.4. The van der Waals surface area contributed by atoms with Gasteiger partial charge in [-0.25, -0.2) is 10.3 Å². The van der Waals surface area contributed by atoms with Crippen molar-refractivity contribution in [2.75, 3.05) is 4.90 Å². The van der Waals surface area contributed by atoms with Crippen LogP contribution in [0.4, 0.5) is 5.69 Å². The Morgan fingerprint density at radius 2 is 1.43 bits per heavy atom. The van der Waals surface area contributed by atoms with Crippen LogP contribution in [0.3, 0.4) is 0 Å². The molecule has 4 aromatic carbocycles. The Balaban J connectivity index is 1.36. The minimum Gasteiger partial charge on any atom is -0.274 e. The number of hydrogen-bond acceptors (Lipinski definition) is 4. The van der Waals surface area contributed by atoms with Gasteiger partial charge in [-0.1, -0.05) is 96.6 Å². The number of hydrazone groups is 1. The van der Waals surface area contributed by atoms with E-state index in [9.17, 15) is 14.4 Å². The molecule has 8 rings (SSSR count). The third-order valence-corrected chi connectivity index (χ3v) is 8.64. The maximum Gasteiger partial charge on any atom is 0.244 e. The second-order valence-electron chi connectivity index (χ2n) is 10.8. The van der Waals surface area contributed by atoms with Crippen LogP contribution in [-0.4, -0.2) is 23.9 Å². The summed E-state index contributed by atoms with van der Waals surface area (Å²) in [6.45, 7) is 1.97. The first-order valence-corrected chi connectivity index (χ1v) is 13.5. The number of benzene rings is 4. The van der Waals surface area contributed by atoms with Crippen molar-refractivity contribution in [3.63, 3.8) is 0 Å². The molecule has 0 radical (unpaired) electrons. The number of anilines is 1. The molecule has 196 valence electrons.